The lowest BCUT2D eigenvalue weighted by atomic mass is 10.1. The molecule has 0 radical (unpaired) electrons. The summed E-state index contributed by atoms with van der Waals surface area (Å²) in [6.45, 7) is 2.66. The standard InChI is InChI=1S/C11H13N5/c12-7-10-3-6-15-16-11(10)14-8-9-1-4-13-5-2-9/h1,3,6,13H,2,4-5,8H2,(H,14,16). The summed E-state index contributed by atoms with van der Waals surface area (Å²) in [5.74, 6) is 0.560. The third kappa shape index (κ3) is 2.55. The Balaban J connectivity index is 1.99. The van der Waals surface area contributed by atoms with Crippen LogP contribution in [0.15, 0.2) is 23.9 Å². The van der Waals surface area contributed by atoms with Crippen LogP contribution in [0.3, 0.4) is 0 Å². The van der Waals surface area contributed by atoms with Crippen molar-refractivity contribution in [3.05, 3.63) is 29.5 Å². The summed E-state index contributed by atoms with van der Waals surface area (Å²) in [4.78, 5) is 0. The van der Waals surface area contributed by atoms with Crippen LogP contribution in [-0.2, 0) is 0 Å². The van der Waals surface area contributed by atoms with Crippen molar-refractivity contribution in [2.45, 2.75) is 6.42 Å². The van der Waals surface area contributed by atoms with E-state index >= 15 is 0 Å². The molecular weight excluding hydrogens is 202 g/mol. The minimum Gasteiger partial charge on any atom is -0.364 e. The summed E-state index contributed by atoms with van der Waals surface area (Å²) in [5, 5.41) is 22.9. The molecule has 0 fully saturated rings. The molecule has 0 spiro atoms. The fraction of sp³-hybridized carbons (Fsp3) is 0.364. The van der Waals surface area contributed by atoms with Crippen LogP contribution in [0.5, 0.6) is 0 Å². The van der Waals surface area contributed by atoms with E-state index in [0.717, 1.165) is 26.1 Å². The van der Waals surface area contributed by atoms with Crippen molar-refractivity contribution in [3.63, 3.8) is 0 Å². The van der Waals surface area contributed by atoms with E-state index in [1.165, 1.54) is 11.8 Å². The molecule has 82 valence electrons. The first-order valence-electron chi connectivity index (χ1n) is 5.24. The van der Waals surface area contributed by atoms with E-state index in [1.54, 1.807) is 6.07 Å². The zero-order chi connectivity index (χ0) is 11.2. The predicted octanol–water partition coefficient (Wildman–Crippen LogP) is 0.680. The molecule has 16 heavy (non-hydrogen) atoms. The van der Waals surface area contributed by atoms with Crippen LogP contribution in [0, 0.1) is 11.3 Å². The average Bonchev–Trinajstić information content (AvgIpc) is 2.38. The van der Waals surface area contributed by atoms with Gasteiger partial charge in [-0.15, -0.1) is 5.10 Å². The second-order valence-corrected chi connectivity index (χ2v) is 3.58. The van der Waals surface area contributed by atoms with Gasteiger partial charge in [0, 0.05) is 13.1 Å². The van der Waals surface area contributed by atoms with Gasteiger partial charge in [0.05, 0.1) is 11.8 Å². The number of hydrogen-bond donors (Lipinski definition) is 2. The second-order valence-electron chi connectivity index (χ2n) is 3.58. The monoisotopic (exact) mass is 215 g/mol. The molecule has 0 aromatic carbocycles. The van der Waals surface area contributed by atoms with Crippen molar-refractivity contribution < 1.29 is 0 Å². The van der Waals surface area contributed by atoms with Gasteiger partial charge in [0.2, 0.25) is 0 Å². The number of nitriles is 1. The number of hydrogen-bond acceptors (Lipinski definition) is 5. The fourth-order valence-electron chi connectivity index (χ4n) is 1.58. The molecule has 1 aromatic heterocycles. The van der Waals surface area contributed by atoms with Crippen LogP contribution in [0.1, 0.15) is 12.0 Å². The van der Waals surface area contributed by atoms with Gasteiger partial charge in [-0.05, 0) is 19.0 Å². The Morgan fingerprint density at radius 3 is 3.25 bits per heavy atom. The molecule has 2 heterocycles. The van der Waals surface area contributed by atoms with E-state index < -0.39 is 0 Å². The number of aromatic nitrogens is 2. The molecule has 0 aliphatic carbocycles. The highest BCUT2D eigenvalue weighted by atomic mass is 15.2. The van der Waals surface area contributed by atoms with Crippen molar-refractivity contribution in [3.8, 4) is 6.07 Å². The normalized spacial score (nSPS) is 15.1. The molecule has 1 aliphatic heterocycles. The summed E-state index contributed by atoms with van der Waals surface area (Å²) in [5.41, 5.74) is 1.87. The molecule has 0 unspecified atom stereocenters. The van der Waals surface area contributed by atoms with Crippen molar-refractivity contribution in [2.24, 2.45) is 0 Å². The van der Waals surface area contributed by atoms with Crippen LogP contribution in [0.2, 0.25) is 0 Å². The summed E-state index contributed by atoms with van der Waals surface area (Å²) >= 11 is 0. The van der Waals surface area contributed by atoms with Crippen molar-refractivity contribution in [1.29, 1.82) is 5.26 Å². The smallest absolute Gasteiger partial charge is 0.166 e. The first kappa shape index (κ1) is 10.6. The van der Waals surface area contributed by atoms with Gasteiger partial charge in [0.25, 0.3) is 0 Å². The van der Waals surface area contributed by atoms with E-state index in [1.807, 2.05) is 0 Å². The maximum Gasteiger partial charge on any atom is 0.166 e. The van der Waals surface area contributed by atoms with Gasteiger partial charge in [-0.3, -0.25) is 0 Å². The van der Waals surface area contributed by atoms with Gasteiger partial charge in [0.1, 0.15) is 6.07 Å². The molecule has 1 aromatic rings. The molecule has 5 heteroatoms. The predicted molar refractivity (Wildman–Crippen MR) is 60.8 cm³/mol. The van der Waals surface area contributed by atoms with Gasteiger partial charge < -0.3 is 10.6 Å². The van der Waals surface area contributed by atoms with E-state index in [2.05, 4.69) is 33.0 Å². The molecule has 0 saturated carbocycles. The zero-order valence-corrected chi connectivity index (χ0v) is 8.90. The van der Waals surface area contributed by atoms with Gasteiger partial charge in [-0.25, -0.2) is 0 Å². The summed E-state index contributed by atoms with van der Waals surface area (Å²) in [6.07, 6.45) is 4.72. The molecular formula is C11H13N5. The summed E-state index contributed by atoms with van der Waals surface area (Å²) in [7, 11) is 0. The van der Waals surface area contributed by atoms with Crippen molar-refractivity contribution >= 4 is 5.82 Å². The first-order valence-corrected chi connectivity index (χ1v) is 5.24. The molecule has 5 nitrogen and oxygen atoms in total. The lowest BCUT2D eigenvalue weighted by molar-refractivity contribution is 0.697. The zero-order valence-electron chi connectivity index (χ0n) is 8.90. The molecule has 0 bridgehead atoms. The van der Waals surface area contributed by atoms with Gasteiger partial charge in [-0.1, -0.05) is 11.6 Å². The van der Waals surface area contributed by atoms with Crippen LogP contribution < -0.4 is 10.6 Å². The maximum atomic E-state index is 8.87. The first-order chi connectivity index (χ1) is 7.90. The molecule has 0 saturated heterocycles. The minimum absolute atomic E-state index is 0.532. The van der Waals surface area contributed by atoms with Crippen molar-refractivity contribution in [2.75, 3.05) is 25.0 Å². The Morgan fingerprint density at radius 1 is 1.56 bits per heavy atom. The number of nitrogens with zero attached hydrogens (tertiary/aromatic N) is 3. The summed E-state index contributed by atoms with van der Waals surface area (Å²) < 4.78 is 0. The number of anilines is 1. The summed E-state index contributed by atoms with van der Waals surface area (Å²) in [6, 6.07) is 3.75. The van der Waals surface area contributed by atoms with Crippen molar-refractivity contribution in [1.82, 2.24) is 15.5 Å². The highest BCUT2D eigenvalue weighted by molar-refractivity contribution is 5.50. The fourth-order valence-corrected chi connectivity index (χ4v) is 1.58. The van der Waals surface area contributed by atoms with E-state index in [0.29, 0.717) is 11.4 Å². The van der Waals surface area contributed by atoms with Gasteiger partial charge in [-0.2, -0.15) is 10.4 Å². The number of rotatable bonds is 3. The van der Waals surface area contributed by atoms with Crippen LogP contribution >= 0.6 is 0 Å². The topological polar surface area (TPSA) is 73.6 Å². The SMILES string of the molecule is N#Cc1ccnnc1NCC1=CCNCC1. The highest BCUT2D eigenvalue weighted by Crippen LogP contribution is 2.10. The third-order valence-corrected chi connectivity index (χ3v) is 2.48. The maximum absolute atomic E-state index is 8.87. The largest absolute Gasteiger partial charge is 0.364 e. The van der Waals surface area contributed by atoms with Crippen LogP contribution in [-0.4, -0.2) is 29.8 Å². The van der Waals surface area contributed by atoms with Gasteiger partial charge in [0.15, 0.2) is 5.82 Å². The Morgan fingerprint density at radius 2 is 2.50 bits per heavy atom. The quantitative estimate of drug-likeness (QED) is 0.725. The molecule has 2 N–H and O–H groups in total. The Labute approximate surface area is 94.2 Å². The lowest BCUT2D eigenvalue weighted by Gasteiger charge is -2.14. The second kappa shape index (κ2) is 5.24. The average molecular weight is 215 g/mol. The molecule has 0 amide bonds. The third-order valence-electron chi connectivity index (χ3n) is 2.48. The molecule has 0 atom stereocenters. The molecule has 2 rings (SSSR count). The van der Waals surface area contributed by atoms with E-state index in [4.69, 9.17) is 5.26 Å². The lowest BCUT2D eigenvalue weighted by Crippen LogP contribution is -2.23. The van der Waals surface area contributed by atoms with E-state index in [9.17, 15) is 0 Å². The highest BCUT2D eigenvalue weighted by Gasteiger charge is 2.05. The Bertz CT molecular complexity index is 432. The van der Waals surface area contributed by atoms with Crippen LogP contribution in [0.25, 0.3) is 0 Å². The number of nitrogens with one attached hydrogen (secondary N) is 2. The molecule has 1 aliphatic rings. The Hall–Kier alpha value is -1.93. The minimum atomic E-state index is 0.532. The van der Waals surface area contributed by atoms with Crippen LogP contribution in [0.4, 0.5) is 5.82 Å². The Kier molecular flexibility index (Phi) is 3.46. The van der Waals surface area contributed by atoms with Gasteiger partial charge >= 0.3 is 0 Å². The van der Waals surface area contributed by atoms with E-state index in [-0.39, 0.29) is 0 Å².